The number of rotatable bonds is 9. The minimum Gasteiger partial charge on any atom is -0.388 e. The SMILES string of the molecule is C/C=N/OCc1nc2c(c(C)c(C)n3nnnc23)n1CCCCNC(=O)c1ccccc1. The number of pyridine rings is 1. The van der Waals surface area contributed by atoms with Gasteiger partial charge in [-0.05, 0) is 61.7 Å². The number of tetrazole rings is 1. The molecule has 0 bridgehead atoms. The minimum absolute atomic E-state index is 0.0571. The van der Waals surface area contributed by atoms with Crippen molar-refractivity contribution in [2.45, 2.75) is 46.8 Å². The molecule has 10 heteroatoms. The summed E-state index contributed by atoms with van der Waals surface area (Å²) in [5.41, 5.74) is 5.06. The third kappa shape index (κ3) is 4.16. The van der Waals surface area contributed by atoms with Gasteiger partial charge in [0.05, 0.1) is 5.52 Å². The number of aryl methyl sites for hydroxylation is 3. The molecule has 0 aliphatic rings. The molecule has 0 radical (unpaired) electrons. The number of unbranched alkanes of at least 4 members (excludes halogenated alkanes) is 1. The Bertz CT molecular complexity index is 1260. The summed E-state index contributed by atoms with van der Waals surface area (Å²) in [7, 11) is 0. The van der Waals surface area contributed by atoms with E-state index in [2.05, 4.69) is 30.6 Å². The highest BCUT2D eigenvalue weighted by molar-refractivity contribution is 5.94. The highest BCUT2D eigenvalue weighted by atomic mass is 16.6. The number of nitrogens with zero attached hydrogens (tertiary/aromatic N) is 7. The van der Waals surface area contributed by atoms with Crippen LogP contribution in [0.3, 0.4) is 0 Å². The lowest BCUT2D eigenvalue weighted by Gasteiger charge is -2.12. The lowest BCUT2D eigenvalue weighted by Crippen LogP contribution is -2.24. The summed E-state index contributed by atoms with van der Waals surface area (Å²) in [5.74, 6) is 0.705. The van der Waals surface area contributed by atoms with E-state index in [9.17, 15) is 4.79 Å². The molecule has 0 fully saturated rings. The van der Waals surface area contributed by atoms with Crippen LogP contribution >= 0.6 is 0 Å². The smallest absolute Gasteiger partial charge is 0.251 e. The van der Waals surface area contributed by atoms with Gasteiger partial charge in [0.25, 0.3) is 5.91 Å². The maximum Gasteiger partial charge on any atom is 0.251 e. The van der Waals surface area contributed by atoms with E-state index in [0.717, 1.165) is 47.5 Å². The molecule has 10 nitrogen and oxygen atoms in total. The van der Waals surface area contributed by atoms with Gasteiger partial charge in [-0.1, -0.05) is 23.4 Å². The highest BCUT2D eigenvalue weighted by Crippen LogP contribution is 2.26. The molecule has 166 valence electrons. The number of nitrogens with one attached hydrogen (secondary N) is 1. The van der Waals surface area contributed by atoms with Crippen molar-refractivity contribution in [2.24, 2.45) is 5.16 Å². The number of hydrogen-bond acceptors (Lipinski definition) is 7. The van der Waals surface area contributed by atoms with E-state index in [1.165, 1.54) is 0 Å². The van der Waals surface area contributed by atoms with Crippen molar-refractivity contribution in [3.63, 3.8) is 0 Å². The summed E-state index contributed by atoms with van der Waals surface area (Å²) < 4.78 is 3.86. The van der Waals surface area contributed by atoms with E-state index >= 15 is 0 Å². The van der Waals surface area contributed by atoms with E-state index in [4.69, 9.17) is 9.82 Å². The maximum atomic E-state index is 12.2. The Hall–Kier alpha value is -3.82. The van der Waals surface area contributed by atoms with Crippen molar-refractivity contribution >= 4 is 28.8 Å². The summed E-state index contributed by atoms with van der Waals surface area (Å²) in [5, 5.41) is 18.9. The van der Waals surface area contributed by atoms with Gasteiger partial charge >= 0.3 is 0 Å². The largest absolute Gasteiger partial charge is 0.388 e. The second-order valence-corrected chi connectivity index (χ2v) is 7.47. The fourth-order valence-corrected chi connectivity index (χ4v) is 3.74. The fourth-order valence-electron chi connectivity index (χ4n) is 3.74. The molecule has 0 spiro atoms. The van der Waals surface area contributed by atoms with Crippen LogP contribution in [0.1, 0.15) is 47.2 Å². The van der Waals surface area contributed by atoms with E-state index < -0.39 is 0 Å². The Morgan fingerprint density at radius 3 is 2.81 bits per heavy atom. The van der Waals surface area contributed by atoms with Crippen molar-refractivity contribution in [1.82, 2.24) is 34.9 Å². The summed E-state index contributed by atoms with van der Waals surface area (Å²) in [6.07, 6.45) is 3.29. The van der Waals surface area contributed by atoms with Gasteiger partial charge in [0.1, 0.15) is 5.52 Å². The molecule has 0 aliphatic heterocycles. The number of carbonyl (C=O) groups is 1. The Balaban J connectivity index is 1.51. The number of fused-ring (bicyclic) bond motifs is 3. The zero-order valence-electron chi connectivity index (χ0n) is 18.4. The molecule has 3 heterocycles. The number of oxime groups is 1. The van der Waals surface area contributed by atoms with Gasteiger partial charge in [-0.15, -0.1) is 5.10 Å². The lowest BCUT2D eigenvalue weighted by molar-refractivity contribution is 0.0953. The number of carbonyl (C=O) groups excluding carboxylic acids is 1. The first kappa shape index (κ1) is 21.4. The van der Waals surface area contributed by atoms with Gasteiger partial charge in [-0.25, -0.2) is 4.98 Å². The molecule has 4 aromatic rings. The van der Waals surface area contributed by atoms with Gasteiger partial charge in [0.2, 0.25) is 5.65 Å². The number of hydrogen-bond donors (Lipinski definition) is 1. The minimum atomic E-state index is -0.0571. The molecule has 0 saturated heterocycles. The van der Waals surface area contributed by atoms with Crippen LogP contribution in [0, 0.1) is 13.8 Å². The molecule has 0 atom stereocenters. The van der Waals surface area contributed by atoms with Crippen molar-refractivity contribution in [2.75, 3.05) is 6.54 Å². The lowest BCUT2D eigenvalue weighted by atomic mass is 10.2. The predicted octanol–water partition coefficient (Wildman–Crippen LogP) is 2.82. The van der Waals surface area contributed by atoms with Gasteiger partial charge in [-0.3, -0.25) is 4.79 Å². The molecule has 4 rings (SSSR count). The molecule has 1 amide bonds. The van der Waals surface area contributed by atoms with Crippen LogP contribution < -0.4 is 5.32 Å². The zero-order chi connectivity index (χ0) is 22.5. The molecular weight excluding hydrogens is 408 g/mol. The van der Waals surface area contributed by atoms with Crippen LogP contribution in [0.5, 0.6) is 0 Å². The Morgan fingerprint density at radius 1 is 1.22 bits per heavy atom. The average Bonchev–Trinajstić information content (AvgIpc) is 3.43. The molecule has 1 N–H and O–H groups in total. The second-order valence-electron chi connectivity index (χ2n) is 7.47. The van der Waals surface area contributed by atoms with Crippen LogP contribution in [-0.4, -0.2) is 48.3 Å². The molecule has 0 aliphatic carbocycles. The number of aromatic nitrogens is 6. The number of imidazole rings is 1. The van der Waals surface area contributed by atoms with E-state index in [1.807, 2.05) is 44.2 Å². The normalized spacial score (nSPS) is 11.6. The number of amides is 1. The van der Waals surface area contributed by atoms with Crippen molar-refractivity contribution in [3.8, 4) is 0 Å². The zero-order valence-corrected chi connectivity index (χ0v) is 18.4. The molecular formula is C22H26N8O2. The number of benzene rings is 1. The Labute approximate surface area is 185 Å². The van der Waals surface area contributed by atoms with Gasteiger partial charge in [0, 0.05) is 30.6 Å². The molecule has 3 aromatic heterocycles. The van der Waals surface area contributed by atoms with E-state index in [-0.39, 0.29) is 12.5 Å². The molecule has 0 unspecified atom stereocenters. The monoisotopic (exact) mass is 434 g/mol. The van der Waals surface area contributed by atoms with Crippen molar-refractivity contribution in [1.29, 1.82) is 0 Å². The standard InChI is InChI=1S/C22H26N8O2/c1-4-24-32-14-18-25-19-20(15(2)16(3)30-21(19)26-27-28-30)29(18)13-9-8-12-23-22(31)17-10-6-5-7-11-17/h4-7,10-11H,8-9,12-14H2,1-3H3,(H,23,31)/b24-4+. The van der Waals surface area contributed by atoms with Crippen molar-refractivity contribution in [3.05, 3.63) is 53.0 Å². The highest BCUT2D eigenvalue weighted by Gasteiger charge is 2.20. The third-order valence-electron chi connectivity index (χ3n) is 5.45. The first-order valence-electron chi connectivity index (χ1n) is 10.6. The van der Waals surface area contributed by atoms with Gasteiger partial charge < -0.3 is 14.7 Å². The van der Waals surface area contributed by atoms with Crippen LogP contribution in [0.2, 0.25) is 0 Å². The van der Waals surface area contributed by atoms with Crippen LogP contribution in [0.4, 0.5) is 0 Å². The maximum absolute atomic E-state index is 12.2. The topological polar surface area (TPSA) is 112 Å². The van der Waals surface area contributed by atoms with Crippen molar-refractivity contribution < 1.29 is 9.63 Å². The van der Waals surface area contributed by atoms with E-state index in [0.29, 0.717) is 17.8 Å². The van der Waals surface area contributed by atoms with Crippen LogP contribution in [-0.2, 0) is 18.0 Å². The Morgan fingerprint density at radius 2 is 2.03 bits per heavy atom. The fraction of sp³-hybridized carbons (Fsp3) is 0.364. The van der Waals surface area contributed by atoms with Crippen LogP contribution in [0.25, 0.3) is 16.7 Å². The molecule has 32 heavy (non-hydrogen) atoms. The van der Waals surface area contributed by atoms with Crippen LogP contribution in [0.15, 0.2) is 35.5 Å². The van der Waals surface area contributed by atoms with E-state index in [1.54, 1.807) is 17.7 Å². The first-order valence-corrected chi connectivity index (χ1v) is 10.6. The summed E-state index contributed by atoms with van der Waals surface area (Å²) in [6, 6.07) is 9.23. The average molecular weight is 435 g/mol. The quantitative estimate of drug-likeness (QED) is 0.246. The second kappa shape index (κ2) is 9.54. The molecule has 1 aromatic carbocycles. The van der Waals surface area contributed by atoms with Gasteiger partial charge in [-0.2, -0.15) is 4.52 Å². The Kier molecular flexibility index (Phi) is 6.39. The summed E-state index contributed by atoms with van der Waals surface area (Å²) in [6.45, 7) is 7.41. The summed E-state index contributed by atoms with van der Waals surface area (Å²) in [4.78, 5) is 22.4. The van der Waals surface area contributed by atoms with Gasteiger partial charge in [0.15, 0.2) is 12.4 Å². The summed E-state index contributed by atoms with van der Waals surface area (Å²) >= 11 is 0. The predicted molar refractivity (Wildman–Crippen MR) is 121 cm³/mol. The molecule has 0 saturated carbocycles. The third-order valence-corrected chi connectivity index (χ3v) is 5.45. The first-order chi connectivity index (χ1) is 15.6.